The SMILES string of the molecule is O=C(Nc1ccccc1-c1nc2ccccc2s1)c1cc(Cl)c2c(c1)OCO2. The highest BCUT2D eigenvalue weighted by atomic mass is 35.5. The van der Waals surface area contributed by atoms with Crippen molar-refractivity contribution in [2.45, 2.75) is 0 Å². The highest BCUT2D eigenvalue weighted by Gasteiger charge is 2.21. The Bertz CT molecular complexity index is 1190. The Morgan fingerprint density at radius 2 is 1.89 bits per heavy atom. The minimum atomic E-state index is -0.284. The van der Waals surface area contributed by atoms with Crippen molar-refractivity contribution < 1.29 is 14.3 Å². The molecule has 0 atom stereocenters. The third-order valence-electron chi connectivity index (χ3n) is 4.39. The van der Waals surface area contributed by atoms with E-state index in [1.807, 2.05) is 48.5 Å². The molecule has 0 radical (unpaired) electrons. The van der Waals surface area contributed by atoms with E-state index in [0.29, 0.717) is 27.8 Å². The topological polar surface area (TPSA) is 60.5 Å². The lowest BCUT2D eigenvalue weighted by atomic mass is 10.1. The van der Waals surface area contributed by atoms with Crippen molar-refractivity contribution in [3.63, 3.8) is 0 Å². The fourth-order valence-corrected chi connectivity index (χ4v) is 4.33. The highest BCUT2D eigenvalue weighted by molar-refractivity contribution is 7.21. The maximum absolute atomic E-state index is 12.8. The van der Waals surface area contributed by atoms with Gasteiger partial charge in [-0.05, 0) is 36.4 Å². The van der Waals surface area contributed by atoms with Crippen LogP contribution in [0.1, 0.15) is 10.4 Å². The molecule has 138 valence electrons. The van der Waals surface area contributed by atoms with Gasteiger partial charge in [0.2, 0.25) is 6.79 Å². The van der Waals surface area contributed by atoms with Crippen LogP contribution in [0.25, 0.3) is 20.8 Å². The van der Waals surface area contributed by atoms with E-state index in [1.54, 1.807) is 23.5 Å². The van der Waals surface area contributed by atoms with Crippen LogP contribution in [0.15, 0.2) is 60.7 Å². The number of carbonyl (C=O) groups is 1. The second kappa shape index (κ2) is 6.82. The molecule has 28 heavy (non-hydrogen) atoms. The summed E-state index contributed by atoms with van der Waals surface area (Å²) < 4.78 is 11.7. The molecule has 0 saturated heterocycles. The first-order valence-corrected chi connectivity index (χ1v) is 9.74. The van der Waals surface area contributed by atoms with E-state index in [-0.39, 0.29) is 12.7 Å². The van der Waals surface area contributed by atoms with E-state index >= 15 is 0 Å². The Morgan fingerprint density at radius 1 is 1.07 bits per heavy atom. The van der Waals surface area contributed by atoms with E-state index in [2.05, 4.69) is 5.32 Å². The quantitative estimate of drug-likeness (QED) is 0.479. The van der Waals surface area contributed by atoms with Crippen molar-refractivity contribution in [1.82, 2.24) is 4.98 Å². The summed E-state index contributed by atoms with van der Waals surface area (Å²) in [6.45, 7) is 0.0978. The van der Waals surface area contributed by atoms with Gasteiger partial charge >= 0.3 is 0 Å². The monoisotopic (exact) mass is 408 g/mol. The summed E-state index contributed by atoms with van der Waals surface area (Å²) in [5.74, 6) is 0.652. The minimum absolute atomic E-state index is 0.0978. The number of hydrogen-bond donors (Lipinski definition) is 1. The van der Waals surface area contributed by atoms with Crippen molar-refractivity contribution in [3.8, 4) is 22.1 Å². The van der Waals surface area contributed by atoms with Crippen LogP contribution < -0.4 is 14.8 Å². The molecule has 4 aromatic rings. The predicted molar refractivity (Wildman–Crippen MR) is 111 cm³/mol. The number of benzene rings is 3. The zero-order valence-corrected chi connectivity index (χ0v) is 16.0. The molecule has 3 aromatic carbocycles. The summed E-state index contributed by atoms with van der Waals surface area (Å²) in [5, 5.41) is 4.16. The fourth-order valence-electron chi connectivity index (χ4n) is 3.06. The van der Waals surface area contributed by atoms with Gasteiger partial charge in [-0.3, -0.25) is 4.79 Å². The molecule has 0 saturated carbocycles. The number of rotatable bonds is 3. The van der Waals surface area contributed by atoms with Gasteiger partial charge in [0.05, 0.1) is 20.9 Å². The first-order chi connectivity index (χ1) is 13.7. The summed E-state index contributed by atoms with van der Waals surface area (Å²) in [4.78, 5) is 17.5. The van der Waals surface area contributed by atoms with Crippen molar-refractivity contribution in [2.24, 2.45) is 0 Å². The lowest BCUT2D eigenvalue weighted by molar-refractivity contribution is 0.102. The molecule has 0 aliphatic carbocycles. The Kier molecular flexibility index (Phi) is 4.15. The molecule has 5 rings (SSSR count). The number of aromatic nitrogens is 1. The molecule has 1 amide bonds. The Hall–Kier alpha value is -3.09. The van der Waals surface area contributed by atoms with Gasteiger partial charge in [0.15, 0.2) is 11.5 Å². The second-order valence-electron chi connectivity index (χ2n) is 6.18. The normalized spacial score (nSPS) is 12.3. The van der Waals surface area contributed by atoms with Crippen LogP contribution >= 0.6 is 22.9 Å². The Balaban J connectivity index is 1.49. The highest BCUT2D eigenvalue weighted by Crippen LogP contribution is 2.40. The summed E-state index contributed by atoms with van der Waals surface area (Å²) in [6, 6.07) is 18.8. The van der Waals surface area contributed by atoms with E-state index in [1.165, 1.54) is 0 Å². The van der Waals surface area contributed by atoms with Gasteiger partial charge in [0.25, 0.3) is 5.91 Å². The summed E-state index contributed by atoms with van der Waals surface area (Å²) in [7, 11) is 0. The van der Waals surface area contributed by atoms with Gasteiger partial charge in [0, 0.05) is 11.1 Å². The number of hydrogen-bond acceptors (Lipinski definition) is 5. The van der Waals surface area contributed by atoms with Gasteiger partial charge in [-0.1, -0.05) is 35.9 Å². The number of ether oxygens (including phenoxy) is 2. The number of fused-ring (bicyclic) bond motifs is 2. The van der Waals surface area contributed by atoms with Crippen LogP contribution in [-0.2, 0) is 0 Å². The first kappa shape index (κ1) is 17.0. The average molecular weight is 409 g/mol. The van der Waals surface area contributed by atoms with Gasteiger partial charge in [-0.15, -0.1) is 11.3 Å². The van der Waals surface area contributed by atoms with Crippen LogP contribution in [0.4, 0.5) is 5.69 Å². The molecular formula is C21H13ClN2O3S. The van der Waals surface area contributed by atoms with E-state index in [4.69, 9.17) is 26.1 Å². The second-order valence-corrected chi connectivity index (χ2v) is 7.62. The van der Waals surface area contributed by atoms with Gasteiger partial charge < -0.3 is 14.8 Å². The molecule has 1 aliphatic heterocycles. The van der Waals surface area contributed by atoms with Crippen LogP contribution in [0.3, 0.4) is 0 Å². The van der Waals surface area contributed by atoms with Crippen molar-refractivity contribution in [1.29, 1.82) is 0 Å². The third kappa shape index (κ3) is 2.96. The number of nitrogens with zero attached hydrogens (tertiary/aromatic N) is 1. The summed E-state index contributed by atoms with van der Waals surface area (Å²) in [5.41, 5.74) is 2.88. The van der Waals surface area contributed by atoms with Crippen molar-refractivity contribution >= 4 is 44.7 Å². The zero-order chi connectivity index (χ0) is 19.1. The van der Waals surface area contributed by atoms with Crippen molar-refractivity contribution in [3.05, 3.63) is 71.2 Å². The smallest absolute Gasteiger partial charge is 0.255 e. The zero-order valence-electron chi connectivity index (χ0n) is 14.4. The largest absolute Gasteiger partial charge is 0.454 e. The van der Waals surface area contributed by atoms with Crippen LogP contribution in [0.2, 0.25) is 5.02 Å². The Labute approximate surface area is 169 Å². The van der Waals surface area contributed by atoms with Gasteiger partial charge in [-0.25, -0.2) is 4.98 Å². The standard InChI is InChI=1S/C21H13ClN2O3S/c22-14-9-12(10-17-19(14)27-11-26-17)20(25)23-15-6-2-1-5-13(15)21-24-16-7-3-4-8-18(16)28-21/h1-10H,11H2,(H,23,25). The number of amides is 1. The van der Waals surface area contributed by atoms with Crippen LogP contribution in [-0.4, -0.2) is 17.7 Å². The van der Waals surface area contributed by atoms with E-state index < -0.39 is 0 Å². The summed E-state index contributed by atoms with van der Waals surface area (Å²) in [6.07, 6.45) is 0. The molecule has 2 heterocycles. The number of carbonyl (C=O) groups excluding carboxylic acids is 1. The third-order valence-corrected chi connectivity index (χ3v) is 5.74. The molecule has 1 aliphatic rings. The number of halogens is 1. The maximum Gasteiger partial charge on any atom is 0.255 e. The van der Waals surface area contributed by atoms with E-state index in [9.17, 15) is 4.79 Å². The van der Waals surface area contributed by atoms with E-state index in [0.717, 1.165) is 20.8 Å². The molecular weight excluding hydrogens is 396 g/mol. The van der Waals surface area contributed by atoms with Gasteiger partial charge in [-0.2, -0.15) is 0 Å². The predicted octanol–water partition coefficient (Wildman–Crippen LogP) is 5.60. The number of thiazole rings is 1. The fraction of sp³-hybridized carbons (Fsp3) is 0.0476. The maximum atomic E-state index is 12.8. The number of para-hydroxylation sites is 2. The number of nitrogens with one attached hydrogen (secondary N) is 1. The molecule has 1 N–H and O–H groups in total. The number of anilines is 1. The summed E-state index contributed by atoms with van der Waals surface area (Å²) >= 11 is 7.79. The first-order valence-electron chi connectivity index (χ1n) is 8.54. The molecule has 0 spiro atoms. The molecule has 0 bridgehead atoms. The average Bonchev–Trinajstić information content (AvgIpc) is 3.35. The van der Waals surface area contributed by atoms with Crippen LogP contribution in [0.5, 0.6) is 11.5 Å². The minimum Gasteiger partial charge on any atom is -0.454 e. The van der Waals surface area contributed by atoms with Crippen molar-refractivity contribution in [2.75, 3.05) is 12.1 Å². The Morgan fingerprint density at radius 3 is 2.79 bits per heavy atom. The molecule has 0 unspecified atom stereocenters. The molecule has 1 aromatic heterocycles. The lowest BCUT2D eigenvalue weighted by Crippen LogP contribution is -2.12. The van der Waals surface area contributed by atoms with Crippen LogP contribution in [0, 0.1) is 0 Å². The molecule has 7 heteroatoms. The van der Waals surface area contributed by atoms with Gasteiger partial charge in [0.1, 0.15) is 5.01 Å². The lowest BCUT2D eigenvalue weighted by Gasteiger charge is -2.10. The molecule has 0 fully saturated rings. The molecule has 5 nitrogen and oxygen atoms in total.